The maximum Gasteiger partial charge on any atom is 0.418 e. The summed E-state index contributed by atoms with van der Waals surface area (Å²) in [6.45, 7) is 3.39. The second-order valence-electron chi connectivity index (χ2n) is 2.38. The fourth-order valence-electron chi connectivity index (χ4n) is 1.02. The Morgan fingerprint density at radius 1 is 1.58 bits per heavy atom. The molecule has 1 rings (SSSR count). The second kappa shape index (κ2) is 4.49. The molecule has 0 aliphatic rings. The lowest BCUT2D eigenvalue weighted by atomic mass is 10.1. The van der Waals surface area contributed by atoms with E-state index in [-0.39, 0.29) is 6.10 Å². The molecule has 1 unspecified atom stereocenters. The van der Waals surface area contributed by atoms with Gasteiger partial charge in [0.2, 0.25) is 0 Å². The van der Waals surface area contributed by atoms with Gasteiger partial charge in [0.25, 0.3) is 0 Å². The number of nitrogens with zero attached hydrogens (tertiary/aromatic N) is 1. The van der Waals surface area contributed by atoms with Crippen LogP contribution in [-0.2, 0) is 9.53 Å². The van der Waals surface area contributed by atoms with Gasteiger partial charge in [0.1, 0.15) is 6.10 Å². The first-order valence-electron chi connectivity index (χ1n) is 3.81. The third-order valence-electron chi connectivity index (χ3n) is 1.64. The molecule has 0 aromatic carbocycles. The number of hydrogen-bond acceptors (Lipinski definition) is 3. The van der Waals surface area contributed by atoms with Crippen LogP contribution in [-0.4, -0.2) is 11.5 Å². The predicted octanol–water partition coefficient (Wildman–Crippen LogP) is 1.62. The highest BCUT2D eigenvalue weighted by Crippen LogP contribution is 2.18. The van der Waals surface area contributed by atoms with Gasteiger partial charge >= 0.3 is 6.47 Å². The van der Waals surface area contributed by atoms with Crippen LogP contribution in [0.25, 0.3) is 0 Å². The van der Waals surface area contributed by atoms with Crippen molar-refractivity contribution in [2.24, 2.45) is 0 Å². The van der Waals surface area contributed by atoms with E-state index in [1.54, 1.807) is 12.4 Å². The average molecular weight is 164 g/mol. The molecule has 0 saturated carbocycles. The molecular formula is C9H10NO2. The summed E-state index contributed by atoms with van der Waals surface area (Å²) in [5, 5.41) is 0. The summed E-state index contributed by atoms with van der Waals surface area (Å²) < 4.78 is 4.74. The Morgan fingerprint density at radius 3 is 2.75 bits per heavy atom. The van der Waals surface area contributed by atoms with Gasteiger partial charge in [0.15, 0.2) is 0 Å². The van der Waals surface area contributed by atoms with Crippen LogP contribution in [0.2, 0.25) is 0 Å². The Hall–Kier alpha value is -1.38. The molecule has 1 atom stereocenters. The van der Waals surface area contributed by atoms with Gasteiger partial charge in [0, 0.05) is 12.4 Å². The number of aromatic nitrogens is 1. The molecule has 3 nitrogen and oxygen atoms in total. The van der Waals surface area contributed by atoms with Gasteiger partial charge in [-0.15, -0.1) is 0 Å². The van der Waals surface area contributed by atoms with E-state index in [4.69, 9.17) is 4.74 Å². The molecule has 0 amide bonds. The maximum atomic E-state index is 9.98. The Kier molecular flexibility index (Phi) is 3.26. The Labute approximate surface area is 71.4 Å². The number of pyridine rings is 1. The van der Waals surface area contributed by atoms with E-state index < -0.39 is 0 Å². The second-order valence-corrected chi connectivity index (χ2v) is 2.38. The molecule has 1 aromatic heterocycles. The van der Waals surface area contributed by atoms with Crippen molar-refractivity contribution in [3.63, 3.8) is 0 Å². The molecule has 0 fully saturated rings. The van der Waals surface area contributed by atoms with Crippen molar-refractivity contribution >= 4 is 6.47 Å². The average Bonchev–Trinajstić information content (AvgIpc) is 2.15. The zero-order chi connectivity index (χ0) is 8.81. The van der Waals surface area contributed by atoms with E-state index in [0.717, 1.165) is 12.0 Å². The first-order valence-corrected chi connectivity index (χ1v) is 3.81. The van der Waals surface area contributed by atoms with Gasteiger partial charge in [-0.1, -0.05) is 6.92 Å². The SMILES string of the molecule is CCC(O[C]=O)c1ccncc1. The molecule has 1 heterocycles. The van der Waals surface area contributed by atoms with Crippen LogP contribution in [0.15, 0.2) is 24.5 Å². The summed E-state index contributed by atoms with van der Waals surface area (Å²) >= 11 is 0. The number of ether oxygens (including phenoxy) is 1. The van der Waals surface area contributed by atoms with Gasteiger partial charge in [-0.3, -0.25) is 4.98 Å². The van der Waals surface area contributed by atoms with Crippen LogP contribution < -0.4 is 0 Å². The molecule has 3 heteroatoms. The van der Waals surface area contributed by atoms with Crippen molar-refractivity contribution in [1.82, 2.24) is 4.98 Å². The van der Waals surface area contributed by atoms with Crippen LogP contribution in [0.3, 0.4) is 0 Å². The number of rotatable bonds is 4. The quantitative estimate of drug-likeness (QED) is 0.678. The molecule has 1 radical (unpaired) electrons. The molecule has 1 aromatic rings. The van der Waals surface area contributed by atoms with Crippen molar-refractivity contribution in [3.8, 4) is 0 Å². The summed E-state index contributed by atoms with van der Waals surface area (Å²) in [5.41, 5.74) is 0.954. The maximum absolute atomic E-state index is 9.98. The lowest BCUT2D eigenvalue weighted by Crippen LogP contribution is -2.01. The molecule has 0 N–H and O–H groups in total. The lowest BCUT2D eigenvalue weighted by molar-refractivity contribution is 0.175. The highest BCUT2D eigenvalue weighted by molar-refractivity contribution is 5.39. The van der Waals surface area contributed by atoms with E-state index in [9.17, 15) is 4.79 Å². The van der Waals surface area contributed by atoms with E-state index in [1.165, 1.54) is 6.47 Å². The van der Waals surface area contributed by atoms with E-state index in [2.05, 4.69) is 4.98 Å². The van der Waals surface area contributed by atoms with Crippen molar-refractivity contribution in [1.29, 1.82) is 0 Å². The van der Waals surface area contributed by atoms with E-state index in [0.29, 0.717) is 0 Å². The molecule has 0 saturated heterocycles. The van der Waals surface area contributed by atoms with Crippen LogP contribution in [0, 0.1) is 0 Å². The molecule has 0 bridgehead atoms. The number of hydrogen-bond donors (Lipinski definition) is 0. The fourth-order valence-corrected chi connectivity index (χ4v) is 1.02. The normalized spacial score (nSPS) is 12.1. The number of carbonyl (C=O) groups excluding carboxylic acids is 1. The van der Waals surface area contributed by atoms with Gasteiger partial charge in [-0.05, 0) is 24.1 Å². The molecule has 63 valence electrons. The van der Waals surface area contributed by atoms with Crippen LogP contribution in [0.1, 0.15) is 25.0 Å². The van der Waals surface area contributed by atoms with Crippen molar-refractivity contribution in [2.75, 3.05) is 0 Å². The highest BCUT2D eigenvalue weighted by Gasteiger charge is 2.08. The minimum Gasteiger partial charge on any atom is -0.449 e. The summed E-state index contributed by atoms with van der Waals surface area (Å²) in [5.74, 6) is 0. The lowest BCUT2D eigenvalue weighted by Gasteiger charge is -2.11. The Morgan fingerprint density at radius 2 is 2.25 bits per heavy atom. The third-order valence-corrected chi connectivity index (χ3v) is 1.64. The van der Waals surface area contributed by atoms with E-state index in [1.807, 2.05) is 19.1 Å². The van der Waals surface area contributed by atoms with Crippen LogP contribution in [0.5, 0.6) is 0 Å². The molecule has 12 heavy (non-hydrogen) atoms. The van der Waals surface area contributed by atoms with Gasteiger partial charge in [-0.2, -0.15) is 0 Å². The Bertz CT molecular complexity index is 236. The third kappa shape index (κ3) is 2.05. The highest BCUT2D eigenvalue weighted by atomic mass is 16.5. The first kappa shape index (κ1) is 8.71. The van der Waals surface area contributed by atoms with Gasteiger partial charge in [-0.25, -0.2) is 4.79 Å². The van der Waals surface area contributed by atoms with Gasteiger partial charge in [0.05, 0.1) is 0 Å². The predicted molar refractivity (Wildman–Crippen MR) is 44.0 cm³/mol. The zero-order valence-electron chi connectivity index (χ0n) is 6.86. The largest absolute Gasteiger partial charge is 0.449 e. The topological polar surface area (TPSA) is 39.2 Å². The Balaban J connectivity index is 2.72. The smallest absolute Gasteiger partial charge is 0.418 e. The zero-order valence-corrected chi connectivity index (χ0v) is 6.86. The standard InChI is InChI=1S/C9H10NO2/c1-2-9(12-7-11)8-3-5-10-6-4-8/h3-6,9H,2H2,1H3. The van der Waals surface area contributed by atoms with Crippen molar-refractivity contribution in [3.05, 3.63) is 30.1 Å². The molecule has 0 aliphatic heterocycles. The summed E-state index contributed by atoms with van der Waals surface area (Å²) in [7, 11) is 0. The van der Waals surface area contributed by atoms with Crippen LogP contribution >= 0.6 is 0 Å². The van der Waals surface area contributed by atoms with Crippen LogP contribution in [0.4, 0.5) is 0 Å². The van der Waals surface area contributed by atoms with E-state index >= 15 is 0 Å². The summed E-state index contributed by atoms with van der Waals surface area (Å²) in [6.07, 6.45) is 3.91. The summed E-state index contributed by atoms with van der Waals surface area (Å²) in [6, 6.07) is 3.65. The molecule has 0 aliphatic carbocycles. The van der Waals surface area contributed by atoms with Crippen molar-refractivity contribution in [2.45, 2.75) is 19.4 Å². The summed E-state index contributed by atoms with van der Waals surface area (Å²) in [4.78, 5) is 13.9. The minimum absolute atomic E-state index is 0.189. The molecule has 0 spiro atoms. The molecular weight excluding hydrogens is 154 g/mol. The monoisotopic (exact) mass is 164 g/mol. The first-order chi connectivity index (χ1) is 5.88. The van der Waals surface area contributed by atoms with Crippen molar-refractivity contribution < 1.29 is 9.53 Å². The minimum atomic E-state index is -0.189. The fraction of sp³-hybridized carbons (Fsp3) is 0.333. The van der Waals surface area contributed by atoms with Gasteiger partial charge < -0.3 is 4.74 Å².